The van der Waals surface area contributed by atoms with Crippen LogP contribution in [-0.4, -0.2) is 33.6 Å². The molecule has 0 aliphatic rings. The molecule has 0 aliphatic carbocycles. The minimum Gasteiger partial charge on any atom is -0.369 e. The van der Waals surface area contributed by atoms with Crippen molar-refractivity contribution in [3.63, 3.8) is 0 Å². The molecule has 0 unspecified atom stereocenters. The molecule has 1 aromatic heterocycles. The van der Waals surface area contributed by atoms with E-state index in [1.54, 1.807) is 0 Å². The van der Waals surface area contributed by atoms with E-state index in [9.17, 15) is 9.59 Å². The van der Waals surface area contributed by atoms with E-state index in [1.165, 1.54) is 11.8 Å². The van der Waals surface area contributed by atoms with Crippen LogP contribution in [-0.2, 0) is 9.59 Å². The van der Waals surface area contributed by atoms with Crippen molar-refractivity contribution < 1.29 is 9.59 Å². The van der Waals surface area contributed by atoms with Gasteiger partial charge in [-0.25, -0.2) is 0 Å². The van der Waals surface area contributed by atoms with Crippen LogP contribution in [0.1, 0.15) is 0 Å². The van der Waals surface area contributed by atoms with Crippen LogP contribution in [0.25, 0.3) is 0 Å². The number of anilines is 1. The second-order valence-corrected chi connectivity index (χ2v) is 4.78. The number of halogens is 1. The van der Waals surface area contributed by atoms with Gasteiger partial charge in [0.2, 0.25) is 16.9 Å². The Kier molecular flexibility index (Phi) is 4.79. The normalized spacial score (nSPS) is 9.93. The van der Waals surface area contributed by atoms with Crippen molar-refractivity contribution in [2.75, 3.05) is 16.9 Å². The Morgan fingerprint density at radius 2 is 2.27 bits per heavy atom. The Balaban J connectivity index is 2.49. The first-order chi connectivity index (χ1) is 7.11. The highest BCUT2D eigenvalue weighted by atomic mass is 35.5. The van der Waals surface area contributed by atoms with Gasteiger partial charge in [-0.3, -0.25) is 14.9 Å². The Hall–Kier alpha value is -0.860. The minimum absolute atomic E-state index is 0.136. The fourth-order valence-corrected chi connectivity index (χ4v) is 2.18. The molecule has 0 bridgehead atoms. The van der Waals surface area contributed by atoms with E-state index in [0.29, 0.717) is 9.47 Å². The predicted octanol–water partition coefficient (Wildman–Crippen LogP) is 0.293. The Morgan fingerprint density at radius 3 is 2.87 bits per heavy atom. The quantitative estimate of drug-likeness (QED) is 0.454. The van der Waals surface area contributed by atoms with E-state index >= 15 is 0 Å². The molecular weight excluding hydrogens is 260 g/mol. The number of thioether (sulfide) groups is 1. The highest BCUT2D eigenvalue weighted by Crippen LogP contribution is 2.24. The number of carbonyl (C=O) groups excluding carboxylic acids is 2. The summed E-state index contributed by atoms with van der Waals surface area (Å²) in [7, 11) is 0. The second kappa shape index (κ2) is 5.89. The van der Waals surface area contributed by atoms with E-state index in [2.05, 4.69) is 15.5 Å². The molecule has 0 spiro atoms. The van der Waals surface area contributed by atoms with E-state index in [-0.39, 0.29) is 17.5 Å². The molecule has 1 aromatic rings. The topological polar surface area (TPSA) is 98.0 Å². The van der Waals surface area contributed by atoms with Crippen molar-refractivity contribution in [3.05, 3.63) is 0 Å². The summed E-state index contributed by atoms with van der Waals surface area (Å²) in [4.78, 5) is 21.3. The minimum atomic E-state index is -0.429. The number of alkyl halides is 1. The van der Waals surface area contributed by atoms with Crippen LogP contribution in [0, 0.1) is 0 Å². The number of primary amides is 1. The number of nitrogens with two attached hydrogens (primary N) is 1. The molecule has 0 radical (unpaired) electrons. The maximum Gasteiger partial charge on any atom is 0.241 e. The number of nitrogens with one attached hydrogen (secondary N) is 1. The molecule has 82 valence electrons. The number of hydrogen-bond donors (Lipinski definition) is 2. The zero-order valence-corrected chi connectivity index (χ0v) is 9.79. The Morgan fingerprint density at radius 1 is 1.53 bits per heavy atom. The first-order valence-electron chi connectivity index (χ1n) is 3.72. The van der Waals surface area contributed by atoms with Crippen LogP contribution in [0.2, 0.25) is 0 Å². The van der Waals surface area contributed by atoms with Gasteiger partial charge in [-0.1, -0.05) is 23.1 Å². The van der Waals surface area contributed by atoms with E-state index in [1.807, 2.05) is 0 Å². The molecule has 0 saturated carbocycles. The molecule has 0 atom stereocenters. The third kappa shape index (κ3) is 4.45. The Labute approximate surface area is 98.6 Å². The van der Waals surface area contributed by atoms with Gasteiger partial charge in [0.05, 0.1) is 5.75 Å². The van der Waals surface area contributed by atoms with Crippen molar-refractivity contribution in [2.24, 2.45) is 5.73 Å². The zero-order chi connectivity index (χ0) is 11.3. The summed E-state index contributed by atoms with van der Waals surface area (Å²) in [6.45, 7) is 0. The van der Waals surface area contributed by atoms with Gasteiger partial charge < -0.3 is 5.73 Å². The summed E-state index contributed by atoms with van der Waals surface area (Å²) >= 11 is 7.62. The lowest BCUT2D eigenvalue weighted by atomic mass is 10.7. The molecule has 3 N–H and O–H groups in total. The van der Waals surface area contributed by atoms with Crippen molar-refractivity contribution >= 4 is 51.6 Å². The first-order valence-corrected chi connectivity index (χ1v) is 6.06. The number of carbonyl (C=O) groups is 2. The molecule has 1 heterocycles. The molecule has 1 rings (SSSR count). The van der Waals surface area contributed by atoms with Crippen LogP contribution >= 0.6 is 34.7 Å². The highest BCUT2D eigenvalue weighted by Gasteiger charge is 2.08. The molecule has 0 saturated heterocycles. The predicted molar refractivity (Wildman–Crippen MR) is 59.2 cm³/mol. The van der Waals surface area contributed by atoms with Gasteiger partial charge in [-0.15, -0.1) is 21.8 Å². The standard InChI is InChI=1S/C6H7ClN4O2S2/c7-1-4(13)9-5-10-11-6(15-5)14-2-3(8)12/h1-2H2,(H2,8,12)(H,9,10,13). The molecule has 0 aliphatic heterocycles. The average Bonchev–Trinajstić information content (AvgIpc) is 2.62. The number of rotatable bonds is 5. The number of nitrogens with zero attached hydrogens (tertiary/aromatic N) is 2. The van der Waals surface area contributed by atoms with E-state index in [0.717, 1.165) is 11.3 Å². The van der Waals surface area contributed by atoms with Crippen LogP contribution in [0.15, 0.2) is 4.34 Å². The number of aromatic nitrogens is 2. The Bertz CT molecular complexity index is 370. The van der Waals surface area contributed by atoms with Gasteiger partial charge in [0.15, 0.2) is 4.34 Å². The highest BCUT2D eigenvalue weighted by molar-refractivity contribution is 8.01. The van der Waals surface area contributed by atoms with Gasteiger partial charge in [0, 0.05) is 0 Å². The maximum atomic E-state index is 10.9. The van der Waals surface area contributed by atoms with E-state index < -0.39 is 5.91 Å². The van der Waals surface area contributed by atoms with Crippen LogP contribution < -0.4 is 11.1 Å². The maximum absolute atomic E-state index is 10.9. The fraction of sp³-hybridized carbons (Fsp3) is 0.333. The average molecular weight is 267 g/mol. The molecule has 9 heteroatoms. The van der Waals surface area contributed by atoms with Crippen LogP contribution in [0.3, 0.4) is 0 Å². The number of amides is 2. The zero-order valence-electron chi connectivity index (χ0n) is 7.40. The first kappa shape index (κ1) is 12.2. The lowest BCUT2D eigenvalue weighted by Crippen LogP contribution is -2.12. The smallest absolute Gasteiger partial charge is 0.241 e. The van der Waals surface area contributed by atoms with Gasteiger partial charge >= 0.3 is 0 Å². The van der Waals surface area contributed by atoms with Crippen molar-refractivity contribution in [1.82, 2.24) is 10.2 Å². The molecule has 6 nitrogen and oxygen atoms in total. The molecular formula is C6H7ClN4O2S2. The summed E-state index contributed by atoms with van der Waals surface area (Å²) < 4.78 is 0.568. The number of hydrogen-bond acceptors (Lipinski definition) is 6. The molecule has 15 heavy (non-hydrogen) atoms. The third-order valence-electron chi connectivity index (χ3n) is 1.11. The van der Waals surface area contributed by atoms with E-state index in [4.69, 9.17) is 17.3 Å². The summed E-state index contributed by atoms with van der Waals surface area (Å²) in [6.07, 6.45) is 0. The lowest BCUT2D eigenvalue weighted by molar-refractivity contribution is -0.115. The van der Waals surface area contributed by atoms with Gasteiger partial charge in [-0.05, 0) is 0 Å². The van der Waals surface area contributed by atoms with Crippen LogP contribution in [0.4, 0.5) is 5.13 Å². The van der Waals surface area contributed by atoms with Gasteiger partial charge in [-0.2, -0.15) is 0 Å². The van der Waals surface area contributed by atoms with Crippen molar-refractivity contribution in [1.29, 1.82) is 0 Å². The largest absolute Gasteiger partial charge is 0.369 e. The summed E-state index contributed by atoms with van der Waals surface area (Å²) in [5.41, 5.74) is 4.96. The summed E-state index contributed by atoms with van der Waals surface area (Å²) in [6, 6.07) is 0. The molecule has 2 amide bonds. The monoisotopic (exact) mass is 266 g/mol. The third-order valence-corrected chi connectivity index (χ3v) is 3.35. The van der Waals surface area contributed by atoms with Crippen LogP contribution in [0.5, 0.6) is 0 Å². The fourth-order valence-electron chi connectivity index (χ4n) is 0.604. The molecule has 0 aromatic carbocycles. The lowest BCUT2D eigenvalue weighted by Gasteiger charge is -1.93. The summed E-state index contributed by atoms with van der Waals surface area (Å²) in [5.74, 6) is -0.776. The SMILES string of the molecule is NC(=O)CSc1nnc(NC(=O)CCl)s1. The molecule has 0 fully saturated rings. The summed E-state index contributed by atoms with van der Waals surface area (Å²) in [5, 5.41) is 10.2. The second-order valence-electron chi connectivity index (χ2n) is 2.31. The van der Waals surface area contributed by atoms with Gasteiger partial charge in [0.25, 0.3) is 0 Å². The van der Waals surface area contributed by atoms with Crippen molar-refractivity contribution in [3.8, 4) is 0 Å². The van der Waals surface area contributed by atoms with Crippen molar-refractivity contribution in [2.45, 2.75) is 4.34 Å². The van der Waals surface area contributed by atoms with Gasteiger partial charge in [0.1, 0.15) is 5.88 Å².